The Hall–Kier alpha value is -1.18. The van der Waals surface area contributed by atoms with Crippen molar-refractivity contribution < 1.29 is 9.59 Å². The van der Waals surface area contributed by atoms with Gasteiger partial charge >= 0.3 is 0 Å². The topological polar surface area (TPSA) is 34.1 Å². The largest absolute Gasteiger partial charge is 0.290 e. The van der Waals surface area contributed by atoms with Gasteiger partial charge in [0, 0.05) is 11.1 Å². The lowest BCUT2D eigenvalue weighted by Crippen LogP contribution is -2.39. The first kappa shape index (κ1) is 18.8. The van der Waals surface area contributed by atoms with Crippen molar-refractivity contribution in [3.05, 3.63) is 23.3 Å². The molecule has 2 nitrogen and oxygen atoms in total. The number of hydrogen-bond donors (Lipinski definition) is 0. The molecule has 0 aromatic heterocycles. The number of allylic oxidation sites excluding steroid dienone is 4. The molecule has 0 amide bonds. The first-order chi connectivity index (χ1) is 12.9. The standard InChI is InChI=1S/C26H36O2/c1-23(2)15-7-9-25(23,5)20(11-15)18-13-17(27)14-19(22(18)28)21-12-16-8-10-26(21,6)24(16,3)4/h13-16,20-21H,7-12H2,1-6H3. The van der Waals surface area contributed by atoms with Crippen molar-refractivity contribution in [2.75, 3.05) is 0 Å². The summed E-state index contributed by atoms with van der Waals surface area (Å²) in [5, 5.41) is 0. The maximum absolute atomic E-state index is 13.8. The molecule has 4 fully saturated rings. The molecule has 0 N–H and O–H groups in total. The van der Waals surface area contributed by atoms with Gasteiger partial charge in [-0.1, -0.05) is 41.5 Å². The first-order valence-electron chi connectivity index (χ1n) is 11.5. The van der Waals surface area contributed by atoms with E-state index in [-0.39, 0.29) is 45.1 Å². The van der Waals surface area contributed by atoms with Crippen LogP contribution in [0.25, 0.3) is 0 Å². The summed E-state index contributed by atoms with van der Waals surface area (Å²) in [6.45, 7) is 14.3. The average Bonchev–Trinajstić information content (AvgIpc) is 3.14. The third kappa shape index (κ3) is 1.96. The minimum Gasteiger partial charge on any atom is -0.290 e. The van der Waals surface area contributed by atoms with Gasteiger partial charge in [0.25, 0.3) is 0 Å². The minimum atomic E-state index is 0.0537. The van der Waals surface area contributed by atoms with Crippen LogP contribution in [0.2, 0.25) is 0 Å². The number of Topliss-reactive ketones (excluding diaryl/α,β-unsaturated/α-hetero) is 1. The van der Waals surface area contributed by atoms with Gasteiger partial charge in [-0.3, -0.25) is 9.59 Å². The van der Waals surface area contributed by atoms with Crippen LogP contribution in [0.3, 0.4) is 0 Å². The lowest BCUT2D eigenvalue weighted by molar-refractivity contribution is -0.117. The van der Waals surface area contributed by atoms with Crippen molar-refractivity contribution in [3.63, 3.8) is 0 Å². The van der Waals surface area contributed by atoms with Crippen LogP contribution in [0.15, 0.2) is 23.3 Å². The molecule has 152 valence electrons. The molecule has 0 aliphatic heterocycles. The molecular formula is C26H36O2. The van der Waals surface area contributed by atoms with E-state index >= 15 is 0 Å². The van der Waals surface area contributed by atoms with Gasteiger partial charge in [-0.25, -0.2) is 0 Å². The summed E-state index contributed by atoms with van der Waals surface area (Å²) in [4.78, 5) is 26.6. The molecule has 2 heteroatoms. The Kier molecular flexibility index (Phi) is 3.56. The lowest BCUT2D eigenvalue weighted by Gasteiger charge is -2.43. The highest BCUT2D eigenvalue weighted by molar-refractivity contribution is 6.20. The molecule has 0 spiro atoms. The van der Waals surface area contributed by atoms with Crippen molar-refractivity contribution in [1.29, 1.82) is 0 Å². The van der Waals surface area contributed by atoms with E-state index < -0.39 is 0 Å². The van der Waals surface area contributed by atoms with E-state index in [0.717, 1.165) is 24.0 Å². The fraction of sp³-hybridized carbons (Fsp3) is 0.769. The molecule has 5 rings (SSSR count). The predicted octanol–water partition coefficient (Wildman–Crippen LogP) is 5.92. The number of fused-ring (bicyclic) bond motifs is 4. The summed E-state index contributed by atoms with van der Waals surface area (Å²) in [5.41, 5.74) is 2.49. The molecule has 4 bridgehead atoms. The van der Waals surface area contributed by atoms with Crippen LogP contribution in [0.1, 0.15) is 80.1 Å². The zero-order valence-electron chi connectivity index (χ0n) is 18.5. The monoisotopic (exact) mass is 380 g/mol. The summed E-state index contributed by atoms with van der Waals surface area (Å²) in [6.07, 6.45) is 10.5. The summed E-state index contributed by atoms with van der Waals surface area (Å²) in [6, 6.07) is 0. The fourth-order valence-electron chi connectivity index (χ4n) is 8.51. The summed E-state index contributed by atoms with van der Waals surface area (Å²) in [5.74, 6) is 2.13. The molecule has 0 radical (unpaired) electrons. The van der Waals surface area contributed by atoms with Crippen molar-refractivity contribution in [1.82, 2.24) is 0 Å². The molecule has 0 aromatic rings. The van der Waals surface area contributed by atoms with Crippen LogP contribution in [0, 0.1) is 45.3 Å². The van der Waals surface area contributed by atoms with E-state index in [2.05, 4.69) is 41.5 Å². The highest BCUT2D eigenvalue weighted by atomic mass is 16.1. The van der Waals surface area contributed by atoms with Gasteiger partial charge in [0.2, 0.25) is 0 Å². The Morgan fingerprint density at radius 2 is 1.11 bits per heavy atom. The smallest absolute Gasteiger partial charge is 0.185 e. The number of carbonyl (C=O) groups is 2. The summed E-state index contributed by atoms with van der Waals surface area (Å²) < 4.78 is 0. The normalized spacial score (nSPS) is 48.2. The molecule has 0 aromatic carbocycles. The summed E-state index contributed by atoms with van der Waals surface area (Å²) in [7, 11) is 0. The van der Waals surface area contributed by atoms with E-state index in [1.54, 1.807) is 12.2 Å². The molecular weight excluding hydrogens is 344 g/mol. The third-order valence-corrected chi connectivity index (χ3v) is 11.5. The highest BCUT2D eigenvalue weighted by Gasteiger charge is 2.65. The molecule has 0 heterocycles. The van der Waals surface area contributed by atoms with Crippen molar-refractivity contribution in [3.8, 4) is 0 Å². The maximum Gasteiger partial charge on any atom is 0.185 e. The molecule has 0 saturated heterocycles. The van der Waals surface area contributed by atoms with E-state index in [1.807, 2.05) is 0 Å². The van der Waals surface area contributed by atoms with Crippen LogP contribution in [0.5, 0.6) is 0 Å². The van der Waals surface area contributed by atoms with Gasteiger partial charge < -0.3 is 0 Å². The maximum atomic E-state index is 13.8. The predicted molar refractivity (Wildman–Crippen MR) is 112 cm³/mol. The Bertz CT molecular complexity index is 774. The van der Waals surface area contributed by atoms with Crippen LogP contribution in [-0.2, 0) is 9.59 Å². The minimum absolute atomic E-state index is 0.0537. The number of ketones is 2. The second-order valence-corrected chi connectivity index (χ2v) is 12.3. The summed E-state index contributed by atoms with van der Waals surface area (Å²) >= 11 is 0. The molecule has 6 atom stereocenters. The molecule has 5 aliphatic rings. The Morgan fingerprint density at radius 3 is 1.39 bits per heavy atom. The second-order valence-electron chi connectivity index (χ2n) is 12.3. The molecule has 4 saturated carbocycles. The van der Waals surface area contributed by atoms with Crippen molar-refractivity contribution >= 4 is 11.6 Å². The van der Waals surface area contributed by atoms with Crippen molar-refractivity contribution in [2.45, 2.75) is 80.1 Å². The highest BCUT2D eigenvalue weighted by Crippen LogP contribution is 2.72. The molecule has 28 heavy (non-hydrogen) atoms. The lowest BCUT2D eigenvalue weighted by atomic mass is 9.60. The van der Waals surface area contributed by atoms with E-state index in [9.17, 15) is 9.59 Å². The van der Waals surface area contributed by atoms with Crippen molar-refractivity contribution in [2.24, 2.45) is 45.3 Å². The van der Waals surface area contributed by atoms with Gasteiger partial charge in [0.1, 0.15) is 0 Å². The zero-order chi connectivity index (χ0) is 20.3. The number of carbonyl (C=O) groups excluding carboxylic acids is 2. The van der Waals surface area contributed by atoms with E-state index in [0.29, 0.717) is 11.8 Å². The van der Waals surface area contributed by atoms with Crippen LogP contribution < -0.4 is 0 Å². The third-order valence-electron chi connectivity index (χ3n) is 11.5. The van der Waals surface area contributed by atoms with Crippen LogP contribution >= 0.6 is 0 Å². The quantitative estimate of drug-likeness (QED) is 0.558. The average molecular weight is 381 g/mol. The Labute approximate surface area is 170 Å². The zero-order valence-corrected chi connectivity index (χ0v) is 18.5. The molecule has 5 aliphatic carbocycles. The van der Waals surface area contributed by atoms with Gasteiger partial charge in [-0.15, -0.1) is 0 Å². The van der Waals surface area contributed by atoms with E-state index in [1.165, 1.54) is 25.7 Å². The number of rotatable bonds is 2. The second kappa shape index (κ2) is 5.29. The van der Waals surface area contributed by atoms with E-state index in [4.69, 9.17) is 0 Å². The Morgan fingerprint density at radius 1 is 0.714 bits per heavy atom. The van der Waals surface area contributed by atoms with Gasteiger partial charge in [-0.2, -0.15) is 0 Å². The van der Waals surface area contributed by atoms with Crippen LogP contribution in [-0.4, -0.2) is 11.6 Å². The number of hydrogen-bond acceptors (Lipinski definition) is 2. The van der Waals surface area contributed by atoms with Gasteiger partial charge in [0.05, 0.1) is 0 Å². The molecule has 6 unspecified atom stereocenters. The van der Waals surface area contributed by atoms with Gasteiger partial charge in [-0.05, 0) is 96.0 Å². The Balaban J connectivity index is 1.50. The SMILES string of the molecule is CC1(C)C2CCC1(C)C(C1=CC(=O)C=C(C3CC4CCC3(C)C4(C)C)C1=O)C2. The van der Waals surface area contributed by atoms with Gasteiger partial charge in [0.15, 0.2) is 11.6 Å². The first-order valence-corrected chi connectivity index (χ1v) is 11.5. The fourth-order valence-corrected chi connectivity index (χ4v) is 8.51. The van der Waals surface area contributed by atoms with Crippen LogP contribution in [0.4, 0.5) is 0 Å².